The smallest absolute Gasteiger partial charge is 0.309 e. The minimum absolute atomic E-state index is 0.0173. The summed E-state index contributed by atoms with van der Waals surface area (Å²) >= 11 is 0. The van der Waals surface area contributed by atoms with Gasteiger partial charge >= 0.3 is 6.03 Å². The summed E-state index contributed by atoms with van der Waals surface area (Å²) in [6.45, 7) is 7.52. The number of H-pyrrole nitrogens is 1. The lowest BCUT2D eigenvalue weighted by Gasteiger charge is -2.53. The van der Waals surface area contributed by atoms with Crippen LogP contribution in [0.3, 0.4) is 0 Å². The zero-order valence-electron chi connectivity index (χ0n) is 20.5. The van der Waals surface area contributed by atoms with Gasteiger partial charge in [-0.15, -0.1) is 0 Å². The molecule has 4 rings (SSSR count). The normalized spacial score (nSPS) is 19.0. The van der Waals surface area contributed by atoms with Crippen molar-refractivity contribution in [3.63, 3.8) is 0 Å². The molecule has 1 saturated carbocycles. The Morgan fingerprint density at radius 2 is 1.76 bits per heavy atom. The van der Waals surface area contributed by atoms with E-state index in [-0.39, 0.29) is 22.9 Å². The predicted octanol–water partition coefficient (Wildman–Crippen LogP) is 5.00. The number of carbonyl (C=O) groups is 2. The van der Waals surface area contributed by atoms with Gasteiger partial charge < -0.3 is 15.5 Å². The van der Waals surface area contributed by atoms with Gasteiger partial charge in [-0.1, -0.05) is 12.1 Å². The van der Waals surface area contributed by atoms with Crippen molar-refractivity contribution in [1.82, 2.24) is 15.1 Å². The molecule has 0 bridgehead atoms. The molecule has 1 aromatic heterocycles. The Balaban J connectivity index is 1.57. The number of carbonyl (C=O) groups excluding carboxylic acids is 2. The molecule has 3 N–H and O–H groups in total. The number of halogens is 1. The summed E-state index contributed by atoms with van der Waals surface area (Å²) in [6.07, 6.45) is 9.40. The molecule has 1 aromatic carbocycles. The topological polar surface area (TPSA) is 90.1 Å². The summed E-state index contributed by atoms with van der Waals surface area (Å²) in [5.41, 5.74) is 2.20. The van der Waals surface area contributed by atoms with Crippen molar-refractivity contribution in [2.75, 3.05) is 29.4 Å². The van der Waals surface area contributed by atoms with Crippen LogP contribution in [0, 0.1) is 19.7 Å². The molecule has 1 aliphatic carbocycles. The van der Waals surface area contributed by atoms with Crippen LogP contribution in [0.1, 0.15) is 55.5 Å². The second-order valence-electron chi connectivity index (χ2n) is 10.5. The molecule has 7 nitrogen and oxygen atoms in total. The first-order valence-electron chi connectivity index (χ1n) is 11.2. The van der Waals surface area contributed by atoms with Crippen molar-refractivity contribution in [2.24, 2.45) is 0 Å². The second kappa shape index (κ2) is 7.75. The lowest BCUT2D eigenvalue weighted by atomic mass is 9.83. The van der Waals surface area contributed by atoms with E-state index in [1.54, 1.807) is 30.9 Å². The number of urea groups is 1. The Hall–Kier alpha value is -2.55. The van der Waals surface area contributed by atoms with Gasteiger partial charge in [-0.05, 0) is 76.9 Å². The number of aromatic nitrogens is 2. The zero-order valence-corrected chi connectivity index (χ0v) is 21.3. The van der Waals surface area contributed by atoms with Crippen molar-refractivity contribution in [3.05, 3.63) is 40.3 Å². The van der Waals surface area contributed by atoms with Gasteiger partial charge in [0.2, 0.25) is 5.91 Å². The Kier molecular flexibility index (Phi) is 5.54. The third kappa shape index (κ3) is 3.61. The van der Waals surface area contributed by atoms with Gasteiger partial charge in [-0.2, -0.15) is 5.10 Å². The van der Waals surface area contributed by atoms with Crippen LogP contribution >= 0.6 is 10.0 Å². The minimum Gasteiger partial charge on any atom is -0.309 e. The first kappa shape index (κ1) is 23.6. The van der Waals surface area contributed by atoms with E-state index in [0.717, 1.165) is 30.5 Å². The maximum atomic E-state index is 14.7. The van der Waals surface area contributed by atoms with Crippen LogP contribution in [0.4, 0.5) is 20.7 Å². The maximum absolute atomic E-state index is 14.7. The number of benzene rings is 1. The molecule has 0 spiro atoms. The van der Waals surface area contributed by atoms with E-state index in [4.69, 9.17) is 0 Å². The molecular weight excluding hydrogens is 441 g/mol. The third-order valence-corrected chi connectivity index (χ3v) is 10.4. The van der Waals surface area contributed by atoms with Crippen molar-refractivity contribution >= 4 is 33.5 Å². The molecule has 0 saturated heterocycles. The average Bonchev–Trinajstić information content (AvgIpc) is 3.18. The number of hydrogen-bond donors (Lipinski definition) is 3. The summed E-state index contributed by atoms with van der Waals surface area (Å²) in [6, 6.07) is 3.08. The van der Waals surface area contributed by atoms with E-state index in [2.05, 4.69) is 39.6 Å². The summed E-state index contributed by atoms with van der Waals surface area (Å²) in [4.78, 5) is 28.2. The van der Waals surface area contributed by atoms with Gasteiger partial charge in [-0.3, -0.25) is 9.89 Å². The highest BCUT2D eigenvalue weighted by atomic mass is 32.3. The summed E-state index contributed by atoms with van der Waals surface area (Å²) < 4.78 is 14.3. The highest BCUT2D eigenvalue weighted by Crippen LogP contribution is 2.60. The molecule has 1 fully saturated rings. The molecule has 2 aliphatic rings. The first-order valence-corrected chi connectivity index (χ1v) is 14.1. The quantitative estimate of drug-likeness (QED) is 0.581. The van der Waals surface area contributed by atoms with E-state index in [1.807, 2.05) is 13.8 Å². The van der Waals surface area contributed by atoms with Crippen molar-refractivity contribution in [2.45, 2.75) is 63.8 Å². The lowest BCUT2D eigenvalue weighted by Crippen LogP contribution is -2.51. The maximum Gasteiger partial charge on any atom is 0.323 e. The van der Waals surface area contributed by atoms with Gasteiger partial charge in [0.15, 0.2) is 5.82 Å². The van der Waals surface area contributed by atoms with E-state index in [9.17, 15) is 14.0 Å². The lowest BCUT2D eigenvalue weighted by molar-refractivity contribution is -0.120. The molecule has 180 valence electrons. The summed E-state index contributed by atoms with van der Waals surface area (Å²) in [5.74, 6) is 0.0684. The molecular formula is C24H34FN5O2S. The Bertz CT molecular complexity index is 1130. The van der Waals surface area contributed by atoms with Crippen molar-refractivity contribution < 1.29 is 14.0 Å². The van der Waals surface area contributed by atoms with Crippen LogP contribution < -0.4 is 10.6 Å². The fraction of sp³-hybridized carbons (Fsp3) is 0.542. The van der Waals surface area contributed by atoms with Crippen LogP contribution in [0.15, 0.2) is 12.1 Å². The van der Waals surface area contributed by atoms with Crippen LogP contribution in [0.5, 0.6) is 0 Å². The molecule has 0 unspecified atom stereocenters. The van der Waals surface area contributed by atoms with Crippen LogP contribution in [-0.2, 0) is 16.9 Å². The molecule has 1 aliphatic heterocycles. The van der Waals surface area contributed by atoms with Crippen molar-refractivity contribution in [1.29, 1.82) is 0 Å². The van der Waals surface area contributed by atoms with Crippen LogP contribution in [-0.4, -0.2) is 50.5 Å². The molecule has 2 aromatic rings. The van der Waals surface area contributed by atoms with E-state index < -0.39 is 27.4 Å². The largest absolute Gasteiger partial charge is 0.323 e. The van der Waals surface area contributed by atoms with E-state index in [1.165, 1.54) is 0 Å². The van der Waals surface area contributed by atoms with Crippen molar-refractivity contribution in [3.8, 4) is 0 Å². The highest BCUT2D eigenvalue weighted by Gasteiger charge is 2.51. The number of fused-ring (bicyclic) bond motifs is 1. The number of aryl methyl sites for hydroxylation is 2. The number of anilines is 2. The van der Waals surface area contributed by atoms with E-state index in [0.29, 0.717) is 16.9 Å². The average molecular weight is 476 g/mol. The van der Waals surface area contributed by atoms with Gasteiger partial charge in [0.1, 0.15) is 5.82 Å². The summed E-state index contributed by atoms with van der Waals surface area (Å²) in [7, 11) is -1.10. The van der Waals surface area contributed by atoms with Gasteiger partial charge in [-0.25, -0.2) is 19.2 Å². The van der Waals surface area contributed by atoms with E-state index >= 15 is 0 Å². The standard InChI is InChI=1S/C24H34FN5O2S/c1-14-9-10-15(2)18(17(14)25)26-22(32)30-13-16-19(23(30,3)4)28-29-20(16)27-21(31)24(11-8-12-24)33(5,6)7/h9-10H,8,11-13H2,1-7H3,(H,26,32)(H2,27,28,29,31). The number of amides is 3. The third-order valence-electron chi connectivity index (χ3n) is 7.47. The number of nitrogens with zero attached hydrogens (tertiary/aromatic N) is 2. The first-order chi connectivity index (χ1) is 15.3. The zero-order chi connectivity index (χ0) is 24.3. The minimum atomic E-state index is -1.10. The monoisotopic (exact) mass is 475 g/mol. The Morgan fingerprint density at radius 1 is 1.12 bits per heavy atom. The molecule has 0 radical (unpaired) electrons. The Labute approximate surface area is 196 Å². The number of nitrogens with one attached hydrogen (secondary N) is 3. The fourth-order valence-electron chi connectivity index (χ4n) is 4.89. The summed E-state index contributed by atoms with van der Waals surface area (Å²) in [5, 5.41) is 13.2. The highest BCUT2D eigenvalue weighted by molar-refractivity contribution is 8.33. The number of aromatic amines is 1. The molecule has 9 heteroatoms. The molecule has 0 atom stereocenters. The van der Waals surface area contributed by atoms with Gasteiger partial charge in [0, 0.05) is 5.56 Å². The van der Waals surface area contributed by atoms with Crippen LogP contribution in [0.2, 0.25) is 0 Å². The molecule has 3 amide bonds. The van der Waals surface area contributed by atoms with Crippen LogP contribution in [0.25, 0.3) is 0 Å². The van der Waals surface area contributed by atoms with Gasteiger partial charge in [0.05, 0.1) is 28.2 Å². The number of hydrogen-bond acceptors (Lipinski definition) is 3. The number of rotatable bonds is 4. The second-order valence-corrected chi connectivity index (χ2v) is 15.0. The molecule has 2 heterocycles. The Morgan fingerprint density at radius 3 is 2.33 bits per heavy atom. The fourth-order valence-corrected chi connectivity index (χ4v) is 7.01. The predicted molar refractivity (Wildman–Crippen MR) is 133 cm³/mol. The molecule has 33 heavy (non-hydrogen) atoms. The SMILES string of the molecule is Cc1ccc(C)c(NC(=O)N2Cc3c(NC(=O)C4(S(C)(C)C)CCC4)n[nH]c3C2(C)C)c1F. The van der Waals surface area contributed by atoms with Gasteiger partial charge in [0.25, 0.3) is 0 Å².